The summed E-state index contributed by atoms with van der Waals surface area (Å²) in [5, 5.41) is 4.42. The number of thiophene rings is 1. The summed E-state index contributed by atoms with van der Waals surface area (Å²) >= 11 is 2.93. The molecule has 1 aromatic heterocycles. The molecule has 0 saturated heterocycles. The Balaban J connectivity index is 2.10. The second-order valence-corrected chi connectivity index (χ2v) is 6.44. The van der Waals surface area contributed by atoms with Gasteiger partial charge >= 0.3 is 0 Å². The van der Waals surface area contributed by atoms with Crippen molar-refractivity contribution in [2.45, 2.75) is 30.6 Å². The van der Waals surface area contributed by atoms with Crippen LogP contribution in [0.4, 0.5) is 10.7 Å². The van der Waals surface area contributed by atoms with E-state index in [2.05, 4.69) is 5.32 Å². The number of nitrogen functional groups attached to an aromatic ring is 1. The van der Waals surface area contributed by atoms with E-state index in [1.54, 1.807) is 11.8 Å². The first-order valence-electron chi connectivity index (χ1n) is 6.13. The molecule has 18 heavy (non-hydrogen) atoms. The van der Waals surface area contributed by atoms with E-state index in [0.717, 1.165) is 22.4 Å². The number of primary amides is 1. The van der Waals surface area contributed by atoms with Gasteiger partial charge in [0.1, 0.15) is 9.88 Å². The van der Waals surface area contributed by atoms with Gasteiger partial charge in [-0.1, -0.05) is 12.8 Å². The average Bonchev–Trinajstić information content (AvgIpc) is 2.93. The Bertz CT molecular complexity index is 439. The number of nitrogens with two attached hydrogens (primary N) is 2. The van der Waals surface area contributed by atoms with Crippen LogP contribution in [0, 0.1) is 5.92 Å². The predicted octanol–water partition coefficient (Wildman–Crippen LogP) is 2.75. The van der Waals surface area contributed by atoms with E-state index in [9.17, 15) is 4.79 Å². The van der Waals surface area contributed by atoms with Crippen LogP contribution >= 0.6 is 23.1 Å². The van der Waals surface area contributed by atoms with Crippen molar-refractivity contribution in [2.24, 2.45) is 11.7 Å². The predicted molar refractivity (Wildman–Crippen MR) is 79.5 cm³/mol. The lowest BCUT2D eigenvalue weighted by Gasteiger charge is -2.11. The molecular formula is C12H19N3OS2. The van der Waals surface area contributed by atoms with Gasteiger partial charge in [0.2, 0.25) is 0 Å². The van der Waals surface area contributed by atoms with Crippen LogP contribution in [0.3, 0.4) is 0 Å². The normalized spacial score (nSPS) is 16.1. The third-order valence-corrected chi connectivity index (χ3v) is 5.49. The summed E-state index contributed by atoms with van der Waals surface area (Å²) in [4.78, 5) is 12.7. The third-order valence-electron chi connectivity index (χ3n) is 3.35. The topological polar surface area (TPSA) is 81.1 Å². The van der Waals surface area contributed by atoms with Gasteiger partial charge in [-0.05, 0) is 25.0 Å². The highest BCUT2D eigenvalue weighted by molar-refractivity contribution is 7.99. The first-order chi connectivity index (χ1) is 8.63. The van der Waals surface area contributed by atoms with Gasteiger partial charge in [-0.15, -0.1) is 23.1 Å². The van der Waals surface area contributed by atoms with Crippen molar-refractivity contribution in [1.29, 1.82) is 0 Å². The number of hydrogen-bond donors (Lipinski definition) is 3. The molecule has 6 heteroatoms. The zero-order valence-corrected chi connectivity index (χ0v) is 12.1. The number of carbonyl (C=O) groups excluding carboxylic acids is 1. The number of rotatable bonds is 5. The summed E-state index contributed by atoms with van der Waals surface area (Å²) in [5.41, 5.74) is 11.8. The van der Waals surface area contributed by atoms with Gasteiger partial charge in [-0.2, -0.15) is 0 Å². The molecule has 100 valence electrons. The largest absolute Gasteiger partial charge is 0.396 e. The number of thioether (sulfide) groups is 1. The van der Waals surface area contributed by atoms with E-state index in [1.165, 1.54) is 37.0 Å². The summed E-state index contributed by atoms with van der Waals surface area (Å²) < 4.78 is 0. The van der Waals surface area contributed by atoms with Crippen molar-refractivity contribution in [3.05, 3.63) is 4.88 Å². The van der Waals surface area contributed by atoms with Gasteiger partial charge < -0.3 is 16.8 Å². The third kappa shape index (κ3) is 2.75. The Morgan fingerprint density at radius 3 is 2.72 bits per heavy atom. The Hall–Kier alpha value is -0.880. The number of nitrogens with one attached hydrogen (secondary N) is 1. The van der Waals surface area contributed by atoms with Crippen molar-refractivity contribution >= 4 is 39.7 Å². The Kier molecular flexibility index (Phi) is 4.40. The van der Waals surface area contributed by atoms with Crippen LogP contribution in [0.5, 0.6) is 0 Å². The van der Waals surface area contributed by atoms with Gasteiger partial charge in [-0.3, -0.25) is 4.79 Å². The molecule has 2 rings (SSSR count). The molecule has 1 aliphatic rings. The van der Waals surface area contributed by atoms with E-state index in [4.69, 9.17) is 11.5 Å². The highest BCUT2D eigenvalue weighted by Crippen LogP contribution is 2.41. The smallest absolute Gasteiger partial charge is 0.261 e. The highest BCUT2D eigenvalue weighted by atomic mass is 32.2. The molecule has 0 atom stereocenters. The van der Waals surface area contributed by atoms with E-state index in [-0.39, 0.29) is 0 Å². The zero-order valence-electron chi connectivity index (χ0n) is 10.5. The summed E-state index contributed by atoms with van der Waals surface area (Å²) in [6, 6.07) is 0. The van der Waals surface area contributed by atoms with E-state index in [0.29, 0.717) is 10.6 Å². The van der Waals surface area contributed by atoms with Gasteiger partial charge in [0.05, 0.1) is 10.6 Å². The van der Waals surface area contributed by atoms with Gasteiger partial charge in [0.25, 0.3) is 5.91 Å². The fraction of sp³-hybridized carbons (Fsp3) is 0.583. The van der Waals surface area contributed by atoms with Gasteiger partial charge in [0.15, 0.2) is 0 Å². The summed E-state index contributed by atoms with van der Waals surface area (Å²) in [5.74, 6) is 0.307. The minimum absolute atomic E-state index is 0.443. The Morgan fingerprint density at radius 1 is 1.50 bits per heavy atom. The van der Waals surface area contributed by atoms with Gasteiger partial charge in [-0.25, -0.2) is 0 Å². The lowest BCUT2D eigenvalue weighted by atomic mass is 10.1. The molecule has 0 aromatic carbocycles. The lowest BCUT2D eigenvalue weighted by Crippen LogP contribution is -2.10. The van der Waals surface area contributed by atoms with Gasteiger partial charge in [0, 0.05) is 6.54 Å². The maximum absolute atomic E-state index is 11.3. The van der Waals surface area contributed by atoms with Crippen molar-refractivity contribution in [1.82, 2.24) is 0 Å². The van der Waals surface area contributed by atoms with Crippen molar-refractivity contribution in [3.63, 3.8) is 0 Å². The standard InChI is InChI=1S/C12H19N3OS2/c1-17-10-8(13)9(11(14)16)18-12(10)15-6-7-4-2-3-5-7/h7,15H,2-6,13H2,1H3,(H2,14,16). The molecule has 0 unspecified atom stereocenters. The molecule has 4 nitrogen and oxygen atoms in total. The molecule has 0 spiro atoms. The maximum Gasteiger partial charge on any atom is 0.261 e. The van der Waals surface area contributed by atoms with Crippen LogP contribution in [0.1, 0.15) is 35.4 Å². The second kappa shape index (κ2) is 5.84. The minimum Gasteiger partial charge on any atom is -0.396 e. The molecule has 1 aliphatic carbocycles. The summed E-state index contributed by atoms with van der Waals surface area (Å²) in [6.45, 7) is 0.964. The van der Waals surface area contributed by atoms with Crippen LogP contribution in [0.2, 0.25) is 0 Å². The van der Waals surface area contributed by atoms with E-state index >= 15 is 0 Å². The molecule has 0 radical (unpaired) electrons. The first kappa shape index (κ1) is 13.5. The molecule has 1 heterocycles. The number of amides is 1. The highest BCUT2D eigenvalue weighted by Gasteiger charge is 2.20. The lowest BCUT2D eigenvalue weighted by molar-refractivity contribution is 0.100. The quantitative estimate of drug-likeness (QED) is 0.727. The van der Waals surface area contributed by atoms with Crippen LogP contribution in [-0.2, 0) is 0 Å². The molecule has 1 amide bonds. The van der Waals surface area contributed by atoms with E-state index in [1.807, 2.05) is 6.26 Å². The maximum atomic E-state index is 11.3. The summed E-state index contributed by atoms with van der Waals surface area (Å²) in [7, 11) is 0. The number of carbonyl (C=O) groups is 1. The molecule has 0 aliphatic heterocycles. The van der Waals surface area contributed by atoms with Crippen LogP contribution in [0.25, 0.3) is 0 Å². The first-order valence-corrected chi connectivity index (χ1v) is 8.17. The van der Waals surface area contributed by atoms with Crippen LogP contribution in [0.15, 0.2) is 4.90 Å². The van der Waals surface area contributed by atoms with Crippen molar-refractivity contribution in [3.8, 4) is 0 Å². The molecule has 1 saturated carbocycles. The molecule has 1 fully saturated rings. The average molecular weight is 285 g/mol. The van der Waals surface area contributed by atoms with Crippen molar-refractivity contribution < 1.29 is 4.79 Å². The fourth-order valence-electron chi connectivity index (χ4n) is 2.38. The van der Waals surface area contributed by atoms with Crippen LogP contribution < -0.4 is 16.8 Å². The SMILES string of the molecule is CSc1c(NCC2CCCC2)sc(C(N)=O)c1N. The second-order valence-electron chi connectivity index (χ2n) is 4.60. The van der Waals surface area contributed by atoms with Crippen molar-refractivity contribution in [2.75, 3.05) is 23.9 Å². The molecule has 1 aromatic rings. The summed E-state index contributed by atoms with van der Waals surface area (Å²) in [6.07, 6.45) is 7.22. The van der Waals surface area contributed by atoms with E-state index < -0.39 is 5.91 Å². The zero-order chi connectivity index (χ0) is 13.1. The van der Waals surface area contributed by atoms with Crippen LogP contribution in [-0.4, -0.2) is 18.7 Å². The molecular weight excluding hydrogens is 266 g/mol. The Morgan fingerprint density at radius 2 is 2.17 bits per heavy atom. The minimum atomic E-state index is -0.443. The number of hydrogen-bond acceptors (Lipinski definition) is 5. The fourth-order valence-corrected chi connectivity index (χ4v) is 4.28. The molecule has 5 N–H and O–H groups in total. The monoisotopic (exact) mass is 285 g/mol. The number of anilines is 2. The molecule has 0 bridgehead atoms. The Labute approximate surface area is 115 Å².